The molecule has 10 nitrogen and oxygen atoms in total. The molecule has 0 aliphatic carbocycles. The summed E-state index contributed by atoms with van der Waals surface area (Å²) in [6.07, 6.45) is 8.34. The molecule has 3 aromatic carbocycles. The molecule has 216 valence electrons. The maximum Gasteiger partial charge on any atom is 0.337 e. The average molecular weight is 594 g/mol. The van der Waals surface area contributed by atoms with E-state index in [1.54, 1.807) is 48.6 Å². The predicted molar refractivity (Wildman–Crippen MR) is 161 cm³/mol. The van der Waals surface area contributed by atoms with E-state index in [-0.39, 0.29) is 17.9 Å². The maximum atomic E-state index is 13.9. The van der Waals surface area contributed by atoms with Gasteiger partial charge in [-0.1, -0.05) is 54.1 Å². The summed E-state index contributed by atoms with van der Waals surface area (Å²) in [6, 6.07) is 22.3. The fraction of sp³-hybridized carbons (Fsp3) is 0.188. The number of imidazole rings is 1. The number of tetrazole rings is 1. The first-order valence-corrected chi connectivity index (χ1v) is 14.2. The van der Waals surface area contributed by atoms with Gasteiger partial charge in [0.25, 0.3) is 0 Å². The van der Waals surface area contributed by atoms with Gasteiger partial charge in [0, 0.05) is 40.9 Å². The van der Waals surface area contributed by atoms with Crippen LogP contribution in [-0.2, 0) is 9.53 Å². The number of benzene rings is 3. The minimum Gasteiger partial charge on any atom is -0.465 e. The Morgan fingerprint density at radius 2 is 1.93 bits per heavy atom. The number of ether oxygens (including phenoxy) is 1. The Balaban J connectivity index is 1.35. The molecule has 1 fully saturated rings. The molecule has 0 bridgehead atoms. The van der Waals surface area contributed by atoms with Gasteiger partial charge in [0.1, 0.15) is 12.2 Å². The molecule has 43 heavy (non-hydrogen) atoms. The lowest BCUT2D eigenvalue weighted by Crippen LogP contribution is -2.41. The molecule has 0 spiro atoms. The second-order valence-electron chi connectivity index (χ2n) is 10.2. The standard InChI is InChI=1S/C32H28ClN7O3/c1-43-32(42)24-10-5-9-22(17-24)27-19-34-31(36-27)30-26(21-7-3-2-4-8-21)11-6-16-39(30)29(41)15-12-23-18-25(33)13-14-28(23)40-20-35-37-38-40/h2-5,7-10,12-15,17-20,26,30H,6,11,16H2,1H3,(H,34,36)/b15-12+/t26-,30-/m0/s1. The highest BCUT2D eigenvalue weighted by Gasteiger charge is 2.37. The number of amides is 1. The lowest BCUT2D eigenvalue weighted by molar-refractivity contribution is -0.130. The Labute approximate surface area is 253 Å². The maximum absolute atomic E-state index is 13.9. The number of carbonyl (C=O) groups excluding carboxylic acids is 2. The first-order chi connectivity index (χ1) is 21.0. The van der Waals surface area contributed by atoms with E-state index >= 15 is 0 Å². The zero-order chi connectivity index (χ0) is 29.8. The topological polar surface area (TPSA) is 119 Å². The highest BCUT2D eigenvalue weighted by Crippen LogP contribution is 2.42. The Hall–Kier alpha value is -5.09. The average Bonchev–Trinajstić information content (AvgIpc) is 3.77. The third-order valence-electron chi connectivity index (χ3n) is 7.59. The van der Waals surface area contributed by atoms with Gasteiger partial charge >= 0.3 is 5.97 Å². The van der Waals surface area contributed by atoms with Gasteiger partial charge in [-0.05, 0) is 65.2 Å². The first kappa shape index (κ1) is 28.0. The number of nitrogens with one attached hydrogen (secondary N) is 1. The lowest BCUT2D eigenvalue weighted by Gasteiger charge is -2.40. The van der Waals surface area contributed by atoms with E-state index in [1.165, 1.54) is 18.1 Å². The molecule has 0 saturated carbocycles. The van der Waals surface area contributed by atoms with Gasteiger partial charge in [0.15, 0.2) is 0 Å². The van der Waals surface area contributed by atoms with Crippen LogP contribution in [0.5, 0.6) is 0 Å². The monoisotopic (exact) mass is 593 g/mol. The SMILES string of the molecule is COC(=O)c1cccc(-c2c[nH]c([C@@H]3[C@H](c4ccccc4)CCCN3C(=O)/C=C/c3cc(Cl)ccc3-n3cnnn3)n2)c1. The molecule has 11 heteroatoms. The molecule has 2 atom stereocenters. The fourth-order valence-electron chi connectivity index (χ4n) is 5.59. The van der Waals surface area contributed by atoms with Crippen molar-refractivity contribution in [1.82, 2.24) is 35.1 Å². The Bertz CT molecular complexity index is 1770. The van der Waals surface area contributed by atoms with Gasteiger partial charge in [-0.25, -0.2) is 9.78 Å². The number of carbonyl (C=O) groups is 2. The van der Waals surface area contributed by atoms with Gasteiger partial charge in [-0.2, -0.15) is 4.68 Å². The van der Waals surface area contributed by atoms with Crippen molar-refractivity contribution in [1.29, 1.82) is 0 Å². The number of esters is 1. The number of aromatic amines is 1. The van der Waals surface area contributed by atoms with E-state index < -0.39 is 5.97 Å². The number of hydrogen-bond donors (Lipinski definition) is 1. The molecule has 6 rings (SSSR count). The Kier molecular flexibility index (Phi) is 8.10. The van der Waals surface area contributed by atoms with Gasteiger partial charge in [-0.15, -0.1) is 5.10 Å². The minimum atomic E-state index is -0.416. The van der Waals surface area contributed by atoms with E-state index in [1.807, 2.05) is 35.4 Å². The van der Waals surface area contributed by atoms with E-state index in [0.717, 1.165) is 24.0 Å². The van der Waals surface area contributed by atoms with E-state index in [0.29, 0.717) is 39.9 Å². The number of hydrogen-bond acceptors (Lipinski definition) is 7. The van der Waals surface area contributed by atoms with Crippen molar-refractivity contribution in [3.8, 4) is 16.9 Å². The van der Waals surface area contributed by atoms with Crippen LogP contribution >= 0.6 is 11.6 Å². The number of aromatic nitrogens is 6. The van der Waals surface area contributed by atoms with Crippen LogP contribution in [0.2, 0.25) is 5.02 Å². The van der Waals surface area contributed by atoms with Gasteiger partial charge in [0.2, 0.25) is 5.91 Å². The number of likely N-dealkylation sites (tertiary alicyclic amines) is 1. The zero-order valence-electron chi connectivity index (χ0n) is 23.3. The van der Waals surface area contributed by atoms with E-state index in [9.17, 15) is 9.59 Å². The van der Waals surface area contributed by atoms with Crippen LogP contribution in [0.15, 0.2) is 91.4 Å². The summed E-state index contributed by atoms with van der Waals surface area (Å²) >= 11 is 6.29. The van der Waals surface area contributed by atoms with Crippen LogP contribution in [0.25, 0.3) is 23.0 Å². The fourth-order valence-corrected chi connectivity index (χ4v) is 5.77. The minimum absolute atomic E-state index is 0.0238. The summed E-state index contributed by atoms with van der Waals surface area (Å²) in [5.74, 6) is 0.126. The number of rotatable bonds is 7. The lowest BCUT2D eigenvalue weighted by atomic mass is 9.83. The molecule has 2 aromatic heterocycles. The second kappa shape index (κ2) is 12.4. The molecule has 1 aliphatic heterocycles. The van der Waals surface area contributed by atoms with Crippen LogP contribution < -0.4 is 0 Å². The van der Waals surface area contributed by atoms with Crippen LogP contribution in [0.1, 0.15) is 52.1 Å². The van der Waals surface area contributed by atoms with Crippen LogP contribution in [0, 0.1) is 0 Å². The number of H-pyrrole nitrogens is 1. The van der Waals surface area contributed by atoms with Gasteiger partial charge < -0.3 is 14.6 Å². The third-order valence-corrected chi connectivity index (χ3v) is 7.83. The van der Waals surface area contributed by atoms with Crippen molar-refractivity contribution in [2.24, 2.45) is 0 Å². The van der Waals surface area contributed by atoms with Crippen LogP contribution in [0.3, 0.4) is 0 Å². The summed E-state index contributed by atoms with van der Waals surface area (Å²) in [5.41, 5.74) is 4.41. The summed E-state index contributed by atoms with van der Waals surface area (Å²) < 4.78 is 6.41. The molecule has 0 radical (unpaired) electrons. The van der Waals surface area contributed by atoms with Crippen LogP contribution in [0.4, 0.5) is 0 Å². The molecule has 3 heterocycles. The van der Waals surface area contributed by atoms with Crippen LogP contribution in [-0.4, -0.2) is 60.6 Å². The van der Waals surface area contributed by atoms with Gasteiger partial charge in [-0.3, -0.25) is 4.79 Å². The summed E-state index contributed by atoms with van der Waals surface area (Å²) in [7, 11) is 1.35. The van der Waals surface area contributed by atoms with Crippen molar-refractivity contribution >= 4 is 29.6 Å². The largest absolute Gasteiger partial charge is 0.465 e. The number of methoxy groups -OCH3 is 1. The zero-order valence-corrected chi connectivity index (χ0v) is 24.1. The molecule has 5 aromatic rings. The van der Waals surface area contributed by atoms with Gasteiger partial charge in [0.05, 0.1) is 30.1 Å². The number of nitrogens with zero attached hydrogens (tertiary/aromatic N) is 6. The summed E-state index contributed by atoms with van der Waals surface area (Å²) in [6.45, 7) is 0.570. The summed E-state index contributed by atoms with van der Waals surface area (Å²) in [5, 5.41) is 12.0. The van der Waals surface area contributed by atoms with Crippen molar-refractivity contribution in [2.45, 2.75) is 24.8 Å². The Morgan fingerprint density at radius 1 is 1.07 bits per heavy atom. The second-order valence-corrected chi connectivity index (χ2v) is 10.6. The van der Waals surface area contributed by atoms with Crippen molar-refractivity contribution in [3.05, 3.63) is 119 Å². The molecular weight excluding hydrogens is 566 g/mol. The Morgan fingerprint density at radius 3 is 2.72 bits per heavy atom. The molecular formula is C32H28ClN7O3. The molecule has 0 unspecified atom stereocenters. The third kappa shape index (κ3) is 5.96. The quantitative estimate of drug-likeness (QED) is 0.191. The van der Waals surface area contributed by atoms with E-state index in [4.69, 9.17) is 21.3 Å². The molecule has 1 aliphatic rings. The van der Waals surface area contributed by atoms with E-state index in [2.05, 4.69) is 32.6 Å². The summed E-state index contributed by atoms with van der Waals surface area (Å²) in [4.78, 5) is 36.2. The normalized spacial score (nSPS) is 16.8. The number of halogens is 1. The van der Waals surface area contributed by atoms with Crippen molar-refractivity contribution in [3.63, 3.8) is 0 Å². The van der Waals surface area contributed by atoms with Crippen molar-refractivity contribution < 1.29 is 14.3 Å². The van der Waals surface area contributed by atoms with Crippen molar-refractivity contribution in [2.75, 3.05) is 13.7 Å². The smallest absolute Gasteiger partial charge is 0.337 e. The molecule has 1 N–H and O–H groups in total. The predicted octanol–water partition coefficient (Wildman–Crippen LogP) is 5.65. The molecule has 1 saturated heterocycles. The highest BCUT2D eigenvalue weighted by molar-refractivity contribution is 6.30. The highest BCUT2D eigenvalue weighted by atomic mass is 35.5. The number of piperidine rings is 1. The molecule has 1 amide bonds. The first-order valence-electron chi connectivity index (χ1n) is 13.8.